The summed E-state index contributed by atoms with van der Waals surface area (Å²) in [4.78, 5) is 24.3. The topological polar surface area (TPSA) is 121 Å². The maximum atomic E-state index is 12.2. The molecule has 1 aliphatic heterocycles. The van der Waals surface area contributed by atoms with Crippen molar-refractivity contribution in [2.75, 3.05) is 24.3 Å². The molecule has 1 aromatic carbocycles. The lowest BCUT2D eigenvalue weighted by Crippen LogP contribution is -2.35. The van der Waals surface area contributed by atoms with Crippen LogP contribution in [0.3, 0.4) is 0 Å². The number of hydrogen-bond donors (Lipinski definition) is 2. The molecule has 0 saturated heterocycles. The van der Waals surface area contributed by atoms with Crippen LogP contribution < -0.4 is 20.1 Å². The number of thioether (sulfide) groups is 1. The maximum absolute atomic E-state index is 12.2. The Morgan fingerprint density at radius 1 is 1.17 bits per heavy atom. The molecule has 3 heterocycles. The van der Waals surface area contributed by atoms with Crippen molar-refractivity contribution in [1.82, 2.24) is 20.1 Å². The minimum atomic E-state index is -0.634. The number of benzene rings is 1. The lowest BCUT2D eigenvalue weighted by atomic mass is 10.2. The average molecular weight is 429 g/mol. The zero-order valence-electron chi connectivity index (χ0n) is 16.1. The molecule has 10 nitrogen and oxygen atoms in total. The van der Waals surface area contributed by atoms with Gasteiger partial charge in [0.1, 0.15) is 13.2 Å². The molecule has 0 saturated carbocycles. The van der Waals surface area contributed by atoms with Crippen LogP contribution in [0.5, 0.6) is 11.5 Å². The quantitative estimate of drug-likeness (QED) is 0.574. The van der Waals surface area contributed by atoms with Gasteiger partial charge in [0, 0.05) is 18.3 Å². The number of fused-ring (bicyclic) bond motifs is 1. The Morgan fingerprint density at radius 3 is 2.77 bits per heavy atom. The Kier molecular flexibility index (Phi) is 5.89. The van der Waals surface area contributed by atoms with Crippen LogP contribution in [-0.2, 0) is 11.3 Å². The first-order chi connectivity index (χ1) is 14.6. The van der Waals surface area contributed by atoms with E-state index in [1.807, 2.05) is 11.5 Å². The summed E-state index contributed by atoms with van der Waals surface area (Å²) in [6.45, 7) is 3.49. The van der Waals surface area contributed by atoms with Crippen molar-refractivity contribution >= 4 is 29.4 Å². The van der Waals surface area contributed by atoms with E-state index in [2.05, 4.69) is 20.8 Å². The molecule has 11 heteroatoms. The fourth-order valence-corrected chi connectivity index (χ4v) is 3.65. The average Bonchev–Trinajstić information content (AvgIpc) is 3.41. The van der Waals surface area contributed by atoms with E-state index < -0.39 is 11.9 Å². The fraction of sp³-hybridized carbons (Fsp3) is 0.263. The van der Waals surface area contributed by atoms with Crippen molar-refractivity contribution in [2.24, 2.45) is 0 Å². The minimum absolute atomic E-state index is 0.00481. The number of nitrogens with zero attached hydrogens (tertiary/aromatic N) is 3. The second-order valence-electron chi connectivity index (χ2n) is 6.18. The molecule has 4 rings (SSSR count). The second-order valence-corrected chi connectivity index (χ2v) is 7.12. The van der Waals surface area contributed by atoms with Crippen LogP contribution in [0, 0.1) is 0 Å². The lowest BCUT2D eigenvalue weighted by Gasteiger charge is -2.19. The maximum Gasteiger partial charge on any atom is 0.325 e. The number of rotatable bonds is 6. The molecule has 1 aliphatic rings. The Bertz CT molecular complexity index is 1050. The van der Waals surface area contributed by atoms with Crippen LogP contribution in [0.15, 0.2) is 46.2 Å². The molecule has 3 aromatic rings. The molecule has 156 valence electrons. The van der Waals surface area contributed by atoms with Crippen LogP contribution in [0.2, 0.25) is 0 Å². The van der Waals surface area contributed by atoms with Gasteiger partial charge in [0.15, 0.2) is 28.2 Å². The molecule has 0 unspecified atom stereocenters. The van der Waals surface area contributed by atoms with Crippen LogP contribution in [0.1, 0.15) is 6.92 Å². The summed E-state index contributed by atoms with van der Waals surface area (Å²) in [5.41, 5.74) is 0.492. The van der Waals surface area contributed by atoms with Gasteiger partial charge in [-0.05, 0) is 31.2 Å². The standard InChI is InChI=1S/C19H19N5O5S/c1-2-24-17(14-4-3-7-27-14)22-23-19(24)30-11-16(25)21-18(26)20-12-5-6-13-15(10-12)29-9-8-28-13/h3-7,10H,2,8-9,11H2,1H3,(H2,20,21,25,26). The molecule has 0 spiro atoms. The minimum Gasteiger partial charge on any atom is -0.486 e. The number of furan rings is 1. The number of aromatic nitrogens is 3. The monoisotopic (exact) mass is 429 g/mol. The summed E-state index contributed by atoms with van der Waals surface area (Å²) in [6.07, 6.45) is 1.56. The zero-order chi connectivity index (χ0) is 20.9. The number of ether oxygens (including phenoxy) is 2. The molecular formula is C19H19N5O5S. The first kappa shape index (κ1) is 19.8. The predicted octanol–water partition coefficient (Wildman–Crippen LogP) is 2.77. The van der Waals surface area contributed by atoms with Gasteiger partial charge in [0.25, 0.3) is 0 Å². The van der Waals surface area contributed by atoms with Crippen LogP contribution >= 0.6 is 11.8 Å². The van der Waals surface area contributed by atoms with Gasteiger partial charge in [-0.25, -0.2) is 4.79 Å². The van der Waals surface area contributed by atoms with Gasteiger partial charge in [-0.15, -0.1) is 10.2 Å². The van der Waals surface area contributed by atoms with Crippen LogP contribution in [-0.4, -0.2) is 45.7 Å². The van der Waals surface area contributed by atoms with Crippen molar-refractivity contribution in [3.05, 3.63) is 36.6 Å². The van der Waals surface area contributed by atoms with Crippen LogP contribution in [0.4, 0.5) is 10.5 Å². The molecule has 2 aromatic heterocycles. The third kappa shape index (κ3) is 4.40. The normalized spacial score (nSPS) is 12.4. The number of urea groups is 1. The predicted molar refractivity (Wildman–Crippen MR) is 109 cm³/mol. The highest BCUT2D eigenvalue weighted by molar-refractivity contribution is 7.99. The van der Waals surface area contributed by atoms with Crippen LogP contribution in [0.25, 0.3) is 11.6 Å². The zero-order valence-corrected chi connectivity index (χ0v) is 16.9. The Morgan fingerprint density at radius 2 is 2.00 bits per heavy atom. The number of carbonyl (C=O) groups excluding carboxylic acids is 2. The summed E-state index contributed by atoms with van der Waals surface area (Å²) in [5.74, 6) is 1.90. The highest BCUT2D eigenvalue weighted by Crippen LogP contribution is 2.32. The molecule has 0 radical (unpaired) electrons. The summed E-state index contributed by atoms with van der Waals surface area (Å²) in [6, 6.07) is 7.95. The summed E-state index contributed by atoms with van der Waals surface area (Å²) >= 11 is 1.18. The van der Waals surface area contributed by atoms with Crippen molar-refractivity contribution < 1.29 is 23.5 Å². The summed E-state index contributed by atoms with van der Waals surface area (Å²) in [7, 11) is 0. The van der Waals surface area contributed by atoms with E-state index >= 15 is 0 Å². The number of imide groups is 1. The Hall–Kier alpha value is -3.47. The number of nitrogens with one attached hydrogen (secondary N) is 2. The van der Waals surface area contributed by atoms with Gasteiger partial charge < -0.3 is 19.2 Å². The summed E-state index contributed by atoms with van der Waals surface area (Å²) < 4.78 is 18.1. The number of hydrogen-bond acceptors (Lipinski definition) is 8. The lowest BCUT2D eigenvalue weighted by molar-refractivity contribution is -0.117. The van der Waals surface area contributed by atoms with E-state index in [-0.39, 0.29) is 5.75 Å². The molecule has 0 fully saturated rings. The van der Waals surface area contributed by atoms with Crippen molar-refractivity contribution in [3.63, 3.8) is 0 Å². The molecule has 0 atom stereocenters. The van der Waals surface area contributed by atoms with Gasteiger partial charge >= 0.3 is 6.03 Å². The van der Waals surface area contributed by atoms with Crippen molar-refractivity contribution in [2.45, 2.75) is 18.6 Å². The molecular weight excluding hydrogens is 410 g/mol. The Balaban J connectivity index is 1.31. The number of amides is 3. The SMILES string of the molecule is CCn1c(SCC(=O)NC(=O)Nc2ccc3c(c2)OCCO3)nnc1-c1ccco1. The smallest absolute Gasteiger partial charge is 0.325 e. The largest absolute Gasteiger partial charge is 0.486 e. The second kappa shape index (κ2) is 8.91. The van der Waals surface area contributed by atoms with Gasteiger partial charge in [-0.3, -0.25) is 14.7 Å². The highest BCUT2D eigenvalue weighted by atomic mass is 32.2. The first-order valence-electron chi connectivity index (χ1n) is 9.24. The van der Waals surface area contributed by atoms with E-state index in [4.69, 9.17) is 13.9 Å². The first-order valence-corrected chi connectivity index (χ1v) is 10.2. The number of carbonyl (C=O) groups is 2. The van der Waals surface area contributed by atoms with E-state index in [9.17, 15) is 9.59 Å². The fourth-order valence-electron chi connectivity index (χ4n) is 2.84. The van der Waals surface area contributed by atoms with Crippen molar-refractivity contribution in [1.29, 1.82) is 0 Å². The van der Waals surface area contributed by atoms with Gasteiger partial charge in [0.2, 0.25) is 5.91 Å². The molecule has 0 bridgehead atoms. The molecule has 30 heavy (non-hydrogen) atoms. The van der Waals surface area contributed by atoms with Gasteiger partial charge in [-0.2, -0.15) is 0 Å². The van der Waals surface area contributed by atoms with E-state index in [0.717, 1.165) is 0 Å². The van der Waals surface area contributed by atoms with E-state index in [1.165, 1.54) is 11.8 Å². The third-order valence-electron chi connectivity index (χ3n) is 4.16. The summed E-state index contributed by atoms with van der Waals surface area (Å²) in [5, 5.41) is 13.7. The number of anilines is 1. The highest BCUT2D eigenvalue weighted by Gasteiger charge is 2.17. The van der Waals surface area contributed by atoms with E-state index in [0.29, 0.717) is 53.7 Å². The molecule has 3 amide bonds. The molecule has 2 N–H and O–H groups in total. The van der Waals surface area contributed by atoms with Crippen molar-refractivity contribution in [3.8, 4) is 23.1 Å². The van der Waals surface area contributed by atoms with E-state index in [1.54, 1.807) is 36.6 Å². The van der Waals surface area contributed by atoms with Gasteiger partial charge in [-0.1, -0.05) is 11.8 Å². The molecule has 0 aliphatic carbocycles. The Labute approximate surface area is 175 Å². The third-order valence-corrected chi connectivity index (χ3v) is 5.13. The van der Waals surface area contributed by atoms with Gasteiger partial charge in [0.05, 0.1) is 12.0 Å².